The van der Waals surface area contributed by atoms with E-state index in [2.05, 4.69) is 14.9 Å². The molecule has 3 N–H and O–H groups in total. The molecule has 1 aliphatic carbocycles. The highest BCUT2D eigenvalue weighted by molar-refractivity contribution is 5.39. The van der Waals surface area contributed by atoms with Crippen molar-refractivity contribution in [2.24, 2.45) is 5.92 Å². The summed E-state index contributed by atoms with van der Waals surface area (Å²) < 4.78 is 0. The van der Waals surface area contributed by atoms with E-state index >= 15 is 0 Å². The summed E-state index contributed by atoms with van der Waals surface area (Å²) >= 11 is 0. The number of rotatable bonds is 3. The van der Waals surface area contributed by atoms with Crippen LogP contribution in [-0.4, -0.2) is 34.8 Å². The van der Waals surface area contributed by atoms with Gasteiger partial charge in [-0.2, -0.15) is 4.98 Å². The Bertz CT molecular complexity index is 338. The maximum Gasteiger partial charge on any atom is 0.221 e. The van der Waals surface area contributed by atoms with Crippen LogP contribution in [0, 0.1) is 5.92 Å². The maximum absolute atomic E-state index is 9.18. The van der Waals surface area contributed by atoms with Crippen LogP contribution >= 0.6 is 0 Å². The molecule has 0 spiro atoms. The minimum Gasteiger partial charge on any atom is -0.393 e. The number of nitrogens with two attached hydrogens (primary N) is 1. The molecule has 1 aromatic heterocycles. The Morgan fingerprint density at radius 3 is 2.93 bits per heavy atom. The lowest BCUT2D eigenvalue weighted by molar-refractivity contribution is 0.0464. The first-order valence-corrected chi connectivity index (χ1v) is 5.13. The molecule has 2 rings (SSSR count). The van der Waals surface area contributed by atoms with Crippen molar-refractivity contribution in [3.63, 3.8) is 0 Å². The number of aliphatic hydroxyl groups excluding tert-OH is 1. The Labute approximate surface area is 88.9 Å². The molecule has 15 heavy (non-hydrogen) atoms. The average Bonchev–Trinajstić information content (AvgIpc) is 2.15. The van der Waals surface area contributed by atoms with Crippen LogP contribution in [0.15, 0.2) is 12.3 Å². The number of hydrogen-bond donors (Lipinski definition) is 2. The SMILES string of the molecule is CN(CC1CC(O)C1)c1ccnc(N)n1. The van der Waals surface area contributed by atoms with Crippen LogP contribution in [-0.2, 0) is 0 Å². The lowest BCUT2D eigenvalue weighted by Crippen LogP contribution is -2.37. The van der Waals surface area contributed by atoms with E-state index in [0.29, 0.717) is 11.9 Å². The Hall–Kier alpha value is -1.36. The van der Waals surface area contributed by atoms with Gasteiger partial charge in [-0.05, 0) is 24.8 Å². The molecule has 0 saturated heterocycles. The monoisotopic (exact) mass is 208 g/mol. The van der Waals surface area contributed by atoms with Crippen molar-refractivity contribution < 1.29 is 5.11 Å². The fraction of sp³-hybridized carbons (Fsp3) is 0.600. The Balaban J connectivity index is 1.93. The minimum atomic E-state index is -0.0983. The smallest absolute Gasteiger partial charge is 0.221 e. The molecule has 1 heterocycles. The molecule has 0 unspecified atom stereocenters. The second-order valence-electron chi connectivity index (χ2n) is 4.14. The van der Waals surface area contributed by atoms with Crippen molar-refractivity contribution in [1.82, 2.24) is 9.97 Å². The number of nitrogens with zero attached hydrogens (tertiary/aromatic N) is 3. The van der Waals surface area contributed by atoms with Crippen LogP contribution in [0.2, 0.25) is 0 Å². The molecule has 1 aliphatic rings. The van der Waals surface area contributed by atoms with Crippen LogP contribution in [0.5, 0.6) is 0 Å². The Morgan fingerprint density at radius 1 is 1.60 bits per heavy atom. The van der Waals surface area contributed by atoms with Gasteiger partial charge >= 0.3 is 0 Å². The molecular formula is C10H16N4O. The predicted molar refractivity (Wildman–Crippen MR) is 58.4 cm³/mol. The van der Waals surface area contributed by atoms with Crippen molar-refractivity contribution in [2.45, 2.75) is 18.9 Å². The van der Waals surface area contributed by atoms with E-state index in [0.717, 1.165) is 25.2 Å². The van der Waals surface area contributed by atoms with E-state index in [1.165, 1.54) is 0 Å². The van der Waals surface area contributed by atoms with E-state index in [1.807, 2.05) is 13.1 Å². The molecule has 0 aromatic carbocycles. The first-order chi connectivity index (χ1) is 7.15. The van der Waals surface area contributed by atoms with Gasteiger partial charge in [-0.1, -0.05) is 0 Å². The third-order valence-electron chi connectivity index (χ3n) is 2.79. The Morgan fingerprint density at radius 2 is 2.33 bits per heavy atom. The van der Waals surface area contributed by atoms with Crippen LogP contribution in [0.25, 0.3) is 0 Å². The molecule has 1 aromatic rings. The van der Waals surface area contributed by atoms with Gasteiger partial charge in [-0.3, -0.25) is 0 Å². The summed E-state index contributed by atoms with van der Waals surface area (Å²) in [6.45, 7) is 0.910. The van der Waals surface area contributed by atoms with Crippen molar-refractivity contribution in [3.05, 3.63) is 12.3 Å². The van der Waals surface area contributed by atoms with Gasteiger partial charge in [-0.25, -0.2) is 4.98 Å². The summed E-state index contributed by atoms with van der Waals surface area (Å²) in [5, 5.41) is 9.18. The molecule has 5 heteroatoms. The molecule has 0 atom stereocenters. The zero-order valence-electron chi connectivity index (χ0n) is 8.80. The lowest BCUT2D eigenvalue weighted by Gasteiger charge is -2.34. The lowest BCUT2D eigenvalue weighted by atomic mass is 9.82. The molecular weight excluding hydrogens is 192 g/mol. The summed E-state index contributed by atoms with van der Waals surface area (Å²) in [7, 11) is 1.98. The highest BCUT2D eigenvalue weighted by atomic mass is 16.3. The van der Waals surface area contributed by atoms with Gasteiger partial charge in [0.25, 0.3) is 0 Å². The first kappa shape index (κ1) is 10.2. The number of aliphatic hydroxyl groups is 1. The number of nitrogen functional groups attached to an aromatic ring is 1. The third-order valence-corrected chi connectivity index (χ3v) is 2.79. The quantitative estimate of drug-likeness (QED) is 0.745. The molecule has 0 bridgehead atoms. The molecule has 5 nitrogen and oxygen atoms in total. The molecule has 0 radical (unpaired) electrons. The Kier molecular flexibility index (Phi) is 2.73. The molecule has 82 valence electrons. The zero-order valence-corrected chi connectivity index (χ0v) is 8.80. The molecule has 1 fully saturated rings. The van der Waals surface area contributed by atoms with E-state index in [1.54, 1.807) is 6.20 Å². The van der Waals surface area contributed by atoms with Crippen LogP contribution in [0.1, 0.15) is 12.8 Å². The second-order valence-corrected chi connectivity index (χ2v) is 4.14. The van der Waals surface area contributed by atoms with Gasteiger partial charge in [0.05, 0.1) is 6.10 Å². The van der Waals surface area contributed by atoms with Gasteiger partial charge in [0.1, 0.15) is 5.82 Å². The number of hydrogen-bond acceptors (Lipinski definition) is 5. The predicted octanol–water partition coefficient (Wildman–Crippen LogP) is 0.266. The van der Waals surface area contributed by atoms with E-state index < -0.39 is 0 Å². The molecule has 0 amide bonds. The fourth-order valence-electron chi connectivity index (χ4n) is 1.91. The molecule has 1 saturated carbocycles. The first-order valence-electron chi connectivity index (χ1n) is 5.13. The van der Waals surface area contributed by atoms with E-state index in [-0.39, 0.29) is 6.10 Å². The number of aromatic nitrogens is 2. The van der Waals surface area contributed by atoms with Crippen LogP contribution in [0.3, 0.4) is 0 Å². The average molecular weight is 208 g/mol. The number of anilines is 2. The van der Waals surface area contributed by atoms with E-state index in [9.17, 15) is 5.11 Å². The fourth-order valence-corrected chi connectivity index (χ4v) is 1.91. The molecule has 0 aliphatic heterocycles. The van der Waals surface area contributed by atoms with Gasteiger partial charge in [-0.15, -0.1) is 0 Å². The standard InChI is InChI=1S/C10H16N4O/c1-14(6-7-4-8(15)5-7)9-2-3-12-10(11)13-9/h2-3,7-8,15H,4-6H2,1H3,(H2,11,12,13). The van der Waals surface area contributed by atoms with Gasteiger partial charge in [0.2, 0.25) is 5.95 Å². The summed E-state index contributed by atoms with van der Waals surface area (Å²) in [6.07, 6.45) is 3.35. The summed E-state index contributed by atoms with van der Waals surface area (Å²) in [5.74, 6) is 1.71. The van der Waals surface area contributed by atoms with Crippen molar-refractivity contribution in [2.75, 3.05) is 24.2 Å². The van der Waals surface area contributed by atoms with Crippen molar-refractivity contribution in [1.29, 1.82) is 0 Å². The normalized spacial score (nSPS) is 24.7. The highest BCUT2D eigenvalue weighted by Crippen LogP contribution is 2.28. The van der Waals surface area contributed by atoms with Crippen LogP contribution in [0.4, 0.5) is 11.8 Å². The highest BCUT2D eigenvalue weighted by Gasteiger charge is 2.28. The van der Waals surface area contributed by atoms with E-state index in [4.69, 9.17) is 5.73 Å². The largest absolute Gasteiger partial charge is 0.393 e. The summed E-state index contributed by atoms with van der Waals surface area (Å²) in [5.41, 5.74) is 5.51. The summed E-state index contributed by atoms with van der Waals surface area (Å²) in [6, 6.07) is 1.84. The minimum absolute atomic E-state index is 0.0983. The summed E-state index contributed by atoms with van der Waals surface area (Å²) in [4.78, 5) is 10.0. The maximum atomic E-state index is 9.18. The van der Waals surface area contributed by atoms with Crippen molar-refractivity contribution >= 4 is 11.8 Å². The van der Waals surface area contributed by atoms with Gasteiger partial charge in [0.15, 0.2) is 0 Å². The van der Waals surface area contributed by atoms with Crippen LogP contribution < -0.4 is 10.6 Å². The van der Waals surface area contributed by atoms with Crippen molar-refractivity contribution in [3.8, 4) is 0 Å². The second kappa shape index (κ2) is 4.02. The van der Waals surface area contributed by atoms with Gasteiger partial charge < -0.3 is 15.7 Å². The topological polar surface area (TPSA) is 75.3 Å². The van der Waals surface area contributed by atoms with Gasteiger partial charge in [0, 0.05) is 19.8 Å². The zero-order chi connectivity index (χ0) is 10.8. The third kappa shape index (κ3) is 2.36.